The largest absolute Gasteiger partial charge is 0.351 e. The molecule has 0 saturated carbocycles. The van der Waals surface area contributed by atoms with Crippen LogP contribution in [0.2, 0.25) is 0 Å². The highest BCUT2D eigenvalue weighted by molar-refractivity contribution is 7.10. The Balaban J connectivity index is 1.65. The summed E-state index contributed by atoms with van der Waals surface area (Å²) in [6, 6.07) is 10.2. The average molecular weight is 320 g/mol. The first kappa shape index (κ1) is 14.6. The minimum atomic E-state index is 0.0243. The van der Waals surface area contributed by atoms with Gasteiger partial charge in [-0.2, -0.15) is 0 Å². The number of amides is 1. The zero-order chi connectivity index (χ0) is 14.7. The number of fused-ring (bicyclic) bond motifs is 1. The number of carbonyl (C=O) groups is 1. The molecule has 1 amide bonds. The maximum Gasteiger partial charge on any atom is 0.227 e. The number of hydrogen-bond donors (Lipinski definition) is 1. The Morgan fingerprint density at radius 2 is 2.19 bits per heavy atom. The van der Waals surface area contributed by atoms with Gasteiger partial charge in [0.25, 0.3) is 0 Å². The molecule has 3 rings (SSSR count). The molecule has 4 heteroatoms. The summed E-state index contributed by atoms with van der Waals surface area (Å²) in [7, 11) is 0. The Bertz CT molecular complexity index is 637. The van der Waals surface area contributed by atoms with Crippen LogP contribution in [0.4, 0.5) is 0 Å². The van der Waals surface area contributed by atoms with E-state index < -0.39 is 0 Å². The molecule has 0 saturated heterocycles. The van der Waals surface area contributed by atoms with E-state index in [2.05, 4.69) is 16.8 Å². The molecule has 0 spiro atoms. The van der Waals surface area contributed by atoms with E-state index in [-0.39, 0.29) is 11.8 Å². The lowest BCUT2D eigenvalue weighted by Crippen LogP contribution is -2.30. The zero-order valence-corrected chi connectivity index (χ0v) is 13.3. The van der Waals surface area contributed by atoms with Crippen molar-refractivity contribution >= 4 is 28.8 Å². The summed E-state index contributed by atoms with van der Waals surface area (Å²) in [6.07, 6.45) is 3.18. The molecule has 0 bridgehead atoms. The van der Waals surface area contributed by atoms with Crippen LogP contribution in [0.25, 0.3) is 0 Å². The van der Waals surface area contributed by atoms with Gasteiger partial charge < -0.3 is 5.32 Å². The molecule has 1 atom stereocenters. The van der Waals surface area contributed by atoms with Gasteiger partial charge in [-0.15, -0.1) is 22.9 Å². The normalized spacial score (nSPS) is 17.3. The minimum absolute atomic E-state index is 0.0243. The summed E-state index contributed by atoms with van der Waals surface area (Å²) in [5, 5.41) is 5.17. The Kier molecular flexibility index (Phi) is 4.61. The summed E-state index contributed by atoms with van der Waals surface area (Å²) in [4.78, 5) is 13.8. The van der Waals surface area contributed by atoms with E-state index in [1.165, 1.54) is 10.4 Å². The van der Waals surface area contributed by atoms with Gasteiger partial charge in [0.1, 0.15) is 0 Å². The number of halogens is 1. The van der Waals surface area contributed by atoms with Gasteiger partial charge in [0.05, 0.1) is 5.92 Å². The fourth-order valence-electron chi connectivity index (χ4n) is 2.89. The molecule has 1 aliphatic carbocycles. The van der Waals surface area contributed by atoms with Gasteiger partial charge in [-0.1, -0.05) is 24.3 Å². The maximum absolute atomic E-state index is 12.5. The molecule has 1 aromatic carbocycles. The van der Waals surface area contributed by atoms with E-state index in [4.69, 9.17) is 11.6 Å². The van der Waals surface area contributed by atoms with Crippen molar-refractivity contribution in [2.24, 2.45) is 0 Å². The summed E-state index contributed by atoms with van der Waals surface area (Å²) in [5.74, 6) is 0.671. The summed E-state index contributed by atoms with van der Waals surface area (Å²) in [6.45, 7) is 0.569. The van der Waals surface area contributed by atoms with E-state index in [0.717, 1.165) is 30.4 Å². The Hall–Kier alpha value is -1.32. The predicted octanol–water partition coefficient (Wildman–Crippen LogP) is 4.22. The first-order valence-electron chi connectivity index (χ1n) is 7.25. The highest BCUT2D eigenvalue weighted by Crippen LogP contribution is 2.35. The standard InChI is InChI=1S/C17H18ClNOS/c18-10-12-3-1-4-13(9-12)11-19-17(20)15-5-2-6-16-14(15)7-8-21-16/h1,3-4,7-9,15H,2,5-6,10-11H2,(H,19,20). The lowest BCUT2D eigenvalue weighted by atomic mass is 9.87. The quantitative estimate of drug-likeness (QED) is 0.840. The van der Waals surface area contributed by atoms with Crippen molar-refractivity contribution in [2.75, 3.05) is 0 Å². The molecule has 0 fully saturated rings. The second-order valence-electron chi connectivity index (χ2n) is 5.42. The van der Waals surface area contributed by atoms with Crippen LogP contribution in [0.1, 0.15) is 40.3 Å². The number of hydrogen-bond acceptors (Lipinski definition) is 2. The van der Waals surface area contributed by atoms with Gasteiger partial charge in [-0.3, -0.25) is 4.79 Å². The smallest absolute Gasteiger partial charge is 0.227 e. The van der Waals surface area contributed by atoms with Gasteiger partial charge >= 0.3 is 0 Å². The Morgan fingerprint density at radius 3 is 3.05 bits per heavy atom. The maximum atomic E-state index is 12.5. The van der Waals surface area contributed by atoms with Crippen molar-refractivity contribution in [3.63, 3.8) is 0 Å². The first-order valence-corrected chi connectivity index (χ1v) is 8.67. The van der Waals surface area contributed by atoms with E-state index >= 15 is 0 Å². The summed E-state index contributed by atoms with van der Waals surface area (Å²) < 4.78 is 0. The highest BCUT2D eigenvalue weighted by atomic mass is 35.5. The first-order chi connectivity index (χ1) is 10.3. The number of carbonyl (C=O) groups excluding carboxylic acids is 1. The van der Waals surface area contributed by atoms with Crippen LogP contribution in [0.3, 0.4) is 0 Å². The third-order valence-electron chi connectivity index (χ3n) is 3.98. The number of nitrogens with one attached hydrogen (secondary N) is 1. The molecular formula is C17H18ClNOS. The molecule has 1 heterocycles. The number of rotatable bonds is 4. The molecule has 2 aromatic rings. The van der Waals surface area contributed by atoms with Gasteiger partial charge in [0, 0.05) is 17.3 Å². The zero-order valence-electron chi connectivity index (χ0n) is 11.8. The van der Waals surface area contributed by atoms with E-state index in [0.29, 0.717) is 12.4 Å². The summed E-state index contributed by atoms with van der Waals surface area (Å²) in [5.41, 5.74) is 3.42. The van der Waals surface area contributed by atoms with E-state index in [9.17, 15) is 4.79 Å². The molecule has 0 radical (unpaired) electrons. The minimum Gasteiger partial charge on any atom is -0.351 e. The van der Waals surface area contributed by atoms with Crippen molar-refractivity contribution in [1.29, 1.82) is 0 Å². The van der Waals surface area contributed by atoms with Crippen molar-refractivity contribution in [3.8, 4) is 0 Å². The van der Waals surface area contributed by atoms with Gasteiger partial charge in [-0.05, 0) is 47.4 Å². The molecule has 110 valence electrons. The summed E-state index contributed by atoms with van der Waals surface area (Å²) >= 11 is 7.61. The van der Waals surface area contributed by atoms with Crippen LogP contribution < -0.4 is 5.32 Å². The second kappa shape index (κ2) is 6.63. The second-order valence-corrected chi connectivity index (χ2v) is 6.68. The number of aryl methyl sites for hydroxylation is 1. The SMILES string of the molecule is O=C(NCc1cccc(CCl)c1)C1CCCc2sccc21. The van der Waals surface area contributed by atoms with Crippen LogP contribution in [-0.2, 0) is 23.6 Å². The molecular weight excluding hydrogens is 302 g/mol. The van der Waals surface area contributed by atoms with Gasteiger partial charge in [-0.25, -0.2) is 0 Å². The van der Waals surface area contributed by atoms with Crippen LogP contribution in [0.5, 0.6) is 0 Å². The third kappa shape index (κ3) is 3.30. The molecule has 1 aromatic heterocycles. The Labute approximate surface area is 134 Å². The van der Waals surface area contributed by atoms with Crippen LogP contribution in [-0.4, -0.2) is 5.91 Å². The monoisotopic (exact) mass is 319 g/mol. The lowest BCUT2D eigenvalue weighted by molar-refractivity contribution is -0.123. The van der Waals surface area contributed by atoms with Crippen LogP contribution in [0.15, 0.2) is 35.7 Å². The number of benzene rings is 1. The fourth-order valence-corrected chi connectivity index (χ4v) is 4.05. The molecule has 21 heavy (non-hydrogen) atoms. The lowest BCUT2D eigenvalue weighted by Gasteiger charge is -2.21. The van der Waals surface area contributed by atoms with Gasteiger partial charge in [0.15, 0.2) is 0 Å². The van der Waals surface area contributed by atoms with Crippen molar-refractivity contribution < 1.29 is 4.79 Å². The fraction of sp³-hybridized carbons (Fsp3) is 0.353. The van der Waals surface area contributed by atoms with Crippen molar-refractivity contribution in [2.45, 2.75) is 37.6 Å². The van der Waals surface area contributed by atoms with Gasteiger partial charge in [0.2, 0.25) is 5.91 Å². The number of thiophene rings is 1. The topological polar surface area (TPSA) is 29.1 Å². The predicted molar refractivity (Wildman–Crippen MR) is 87.8 cm³/mol. The van der Waals surface area contributed by atoms with E-state index in [1.807, 2.05) is 24.3 Å². The molecule has 0 aliphatic heterocycles. The van der Waals surface area contributed by atoms with Crippen molar-refractivity contribution in [1.82, 2.24) is 5.32 Å². The molecule has 1 N–H and O–H groups in total. The van der Waals surface area contributed by atoms with E-state index in [1.54, 1.807) is 11.3 Å². The van der Waals surface area contributed by atoms with Crippen LogP contribution >= 0.6 is 22.9 Å². The number of alkyl halides is 1. The average Bonchev–Trinajstić information content (AvgIpc) is 3.01. The molecule has 2 nitrogen and oxygen atoms in total. The van der Waals surface area contributed by atoms with Crippen molar-refractivity contribution in [3.05, 3.63) is 57.3 Å². The molecule has 1 aliphatic rings. The van der Waals surface area contributed by atoms with Crippen LogP contribution in [0, 0.1) is 0 Å². The highest BCUT2D eigenvalue weighted by Gasteiger charge is 2.26. The molecule has 1 unspecified atom stereocenters. The third-order valence-corrected chi connectivity index (χ3v) is 5.29. The Morgan fingerprint density at radius 1 is 1.33 bits per heavy atom.